The predicted molar refractivity (Wildman–Crippen MR) is 90.5 cm³/mol. The van der Waals surface area contributed by atoms with Crippen LogP contribution >= 0.6 is 0 Å². The van der Waals surface area contributed by atoms with Gasteiger partial charge in [-0.05, 0) is 29.8 Å². The molecule has 0 spiro atoms. The third-order valence-corrected chi connectivity index (χ3v) is 3.88. The summed E-state index contributed by atoms with van der Waals surface area (Å²) in [5.41, 5.74) is 2.48. The van der Waals surface area contributed by atoms with Crippen molar-refractivity contribution in [1.29, 1.82) is 0 Å². The van der Waals surface area contributed by atoms with Crippen LogP contribution in [0, 0.1) is 0 Å². The zero-order chi connectivity index (χ0) is 17.1. The Bertz CT molecular complexity index is 763. The first-order valence-corrected chi connectivity index (χ1v) is 7.89. The first-order valence-electron chi connectivity index (χ1n) is 7.89. The molecular formula is C18H19N3O3. The van der Waals surface area contributed by atoms with Crippen LogP contribution in [-0.4, -0.2) is 22.5 Å². The van der Waals surface area contributed by atoms with Gasteiger partial charge in [-0.15, -0.1) is 0 Å². The fourth-order valence-corrected chi connectivity index (χ4v) is 2.73. The van der Waals surface area contributed by atoms with Crippen molar-refractivity contribution in [3.8, 4) is 0 Å². The van der Waals surface area contributed by atoms with Gasteiger partial charge >= 0.3 is 0 Å². The van der Waals surface area contributed by atoms with Crippen LogP contribution in [0.5, 0.6) is 0 Å². The van der Waals surface area contributed by atoms with Crippen molar-refractivity contribution in [2.75, 3.05) is 5.32 Å². The summed E-state index contributed by atoms with van der Waals surface area (Å²) in [6.07, 6.45) is 2.58. The molecule has 24 heavy (non-hydrogen) atoms. The molecule has 6 heteroatoms. The third kappa shape index (κ3) is 3.22. The number of hydrogen-bond acceptors (Lipinski definition) is 4. The Balaban J connectivity index is 1.85. The van der Waals surface area contributed by atoms with Crippen molar-refractivity contribution in [3.05, 3.63) is 54.0 Å². The van der Waals surface area contributed by atoms with Gasteiger partial charge in [-0.3, -0.25) is 9.59 Å². The first kappa shape index (κ1) is 16.0. The average molecular weight is 325 g/mol. The van der Waals surface area contributed by atoms with Crippen LogP contribution in [0.2, 0.25) is 0 Å². The Labute approximate surface area is 140 Å². The van der Waals surface area contributed by atoms with Crippen LogP contribution in [0.1, 0.15) is 44.1 Å². The maximum absolute atomic E-state index is 12.2. The Morgan fingerprint density at radius 3 is 2.62 bits per heavy atom. The molecule has 1 aliphatic heterocycles. The van der Waals surface area contributed by atoms with Crippen LogP contribution in [0.15, 0.2) is 52.2 Å². The lowest BCUT2D eigenvalue weighted by molar-refractivity contribution is -0.133. The highest BCUT2D eigenvalue weighted by molar-refractivity contribution is 6.03. The highest BCUT2D eigenvalue weighted by Gasteiger charge is 2.33. The normalized spacial score (nSPS) is 16.8. The van der Waals surface area contributed by atoms with Crippen molar-refractivity contribution in [1.82, 2.24) is 5.01 Å². The lowest BCUT2D eigenvalue weighted by atomic mass is 10.0. The minimum Gasteiger partial charge on any atom is -0.467 e. The second-order valence-electron chi connectivity index (χ2n) is 5.63. The minimum absolute atomic E-state index is 0.0405. The molecule has 0 saturated carbocycles. The summed E-state index contributed by atoms with van der Waals surface area (Å²) < 4.78 is 5.47. The van der Waals surface area contributed by atoms with Crippen LogP contribution < -0.4 is 5.32 Å². The summed E-state index contributed by atoms with van der Waals surface area (Å²) in [4.78, 5) is 23.3. The maximum Gasteiger partial charge on any atom is 0.243 e. The number of hydrazone groups is 1. The molecule has 2 aromatic rings. The van der Waals surface area contributed by atoms with E-state index < -0.39 is 0 Å². The molecule has 1 aliphatic rings. The maximum atomic E-state index is 12.2. The van der Waals surface area contributed by atoms with E-state index >= 15 is 0 Å². The zero-order valence-corrected chi connectivity index (χ0v) is 13.7. The first-order chi connectivity index (χ1) is 11.6. The number of benzene rings is 1. The number of furan rings is 1. The molecule has 1 atom stereocenters. The Kier molecular flexibility index (Phi) is 4.46. The molecule has 0 fully saturated rings. The number of hydrogen-bond donors (Lipinski definition) is 1. The Hall–Kier alpha value is -2.89. The molecule has 1 N–H and O–H groups in total. The van der Waals surface area contributed by atoms with E-state index in [1.165, 1.54) is 11.9 Å². The van der Waals surface area contributed by atoms with Gasteiger partial charge in [0.1, 0.15) is 11.8 Å². The number of nitrogens with zero attached hydrogens (tertiary/aromatic N) is 2. The fraction of sp³-hybridized carbons (Fsp3) is 0.278. The molecule has 1 aromatic heterocycles. The minimum atomic E-state index is -0.211. The van der Waals surface area contributed by atoms with E-state index in [1.807, 2.05) is 43.3 Å². The number of anilines is 1. The topological polar surface area (TPSA) is 74.9 Å². The quantitative estimate of drug-likeness (QED) is 0.937. The summed E-state index contributed by atoms with van der Waals surface area (Å²) in [6.45, 7) is 3.29. The smallest absolute Gasteiger partial charge is 0.243 e. The third-order valence-electron chi connectivity index (χ3n) is 3.88. The molecule has 1 aromatic carbocycles. The zero-order valence-electron chi connectivity index (χ0n) is 13.7. The highest BCUT2D eigenvalue weighted by atomic mass is 16.3. The largest absolute Gasteiger partial charge is 0.467 e. The number of nitrogens with one attached hydrogen (secondary N) is 1. The summed E-state index contributed by atoms with van der Waals surface area (Å²) in [6, 6.07) is 10.9. The molecule has 0 aliphatic carbocycles. The number of rotatable bonds is 4. The van der Waals surface area contributed by atoms with Crippen LogP contribution in [0.4, 0.5) is 5.69 Å². The number of amides is 2. The van der Waals surface area contributed by atoms with E-state index in [0.717, 1.165) is 22.7 Å². The van der Waals surface area contributed by atoms with Crippen LogP contribution in [-0.2, 0) is 9.59 Å². The van der Waals surface area contributed by atoms with Crippen molar-refractivity contribution in [2.45, 2.75) is 32.7 Å². The van der Waals surface area contributed by atoms with Gasteiger partial charge in [0.05, 0.1) is 12.0 Å². The van der Waals surface area contributed by atoms with Crippen molar-refractivity contribution < 1.29 is 14.0 Å². The lowest BCUT2D eigenvalue weighted by Crippen LogP contribution is -2.25. The van der Waals surface area contributed by atoms with Gasteiger partial charge in [-0.2, -0.15) is 5.10 Å². The monoisotopic (exact) mass is 325 g/mol. The number of carbonyl (C=O) groups is 2. The molecule has 6 nitrogen and oxygen atoms in total. The molecule has 124 valence electrons. The van der Waals surface area contributed by atoms with Crippen molar-refractivity contribution >= 4 is 23.2 Å². The molecule has 0 radical (unpaired) electrons. The van der Waals surface area contributed by atoms with E-state index in [2.05, 4.69) is 10.4 Å². The number of carbonyl (C=O) groups excluding carboxylic acids is 2. The van der Waals surface area contributed by atoms with Gasteiger partial charge in [-0.25, -0.2) is 5.01 Å². The second-order valence-corrected chi connectivity index (χ2v) is 5.63. The Morgan fingerprint density at radius 2 is 2.04 bits per heavy atom. The van der Waals surface area contributed by atoms with Gasteiger partial charge in [0.2, 0.25) is 11.8 Å². The van der Waals surface area contributed by atoms with Gasteiger partial charge in [0.25, 0.3) is 0 Å². The van der Waals surface area contributed by atoms with E-state index in [-0.39, 0.29) is 17.9 Å². The van der Waals surface area contributed by atoms with Gasteiger partial charge < -0.3 is 9.73 Å². The van der Waals surface area contributed by atoms with E-state index in [9.17, 15) is 9.59 Å². The second kappa shape index (κ2) is 6.70. The Morgan fingerprint density at radius 1 is 1.29 bits per heavy atom. The molecular weight excluding hydrogens is 306 g/mol. The van der Waals surface area contributed by atoms with Crippen LogP contribution in [0.25, 0.3) is 0 Å². The van der Waals surface area contributed by atoms with E-state index in [1.54, 1.807) is 6.26 Å². The highest BCUT2D eigenvalue weighted by Crippen LogP contribution is 2.33. The average Bonchev–Trinajstić information content (AvgIpc) is 3.23. The fourth-order valence-electron chi connectivity index (χ4n) is 2.73. The SMILES string of the molecule is CCC(=O)N1N=C(c2ccc(NC(C)=O)cc2)CC1c1ccco1. The molecule has 2 amide bonds. The molecule has 0 saturated heterocycles. The molecule has 0 bridgehead atoms. The summed E-state index contributed by atoms with van der Waals surface area (Å²) in [5.74, 6) is 0.574. The van der Waals surface area contributed by atoms with Crippen molar-refractivity contribution in [2.24, 2.45) is 5.10 Å². The van der Waals surface area contributed by atoms with E-state index in [4.69, 9.17) is 4.42 Å². The van der Waals surface area contributed by atoms with E-state index in [0.29, 0.717) is 12.8 Å². The molecule has 3 rings (SSSR count). The molecule has 2 heterocycles. The summed E-state index contributed by atoms with van der Waals surface area (Å²) >= 11 is 0. The van der Waals surface area contributed by atoms with Gasteiger partial charge in [0, 0.05) is 25.5 Å². The molecule has 1 unspecified atom stereocenters. The summed E-state index contributed by atoms with van der Waals surface area (Å²) in [7, 11) is 0. The van der Waals surface area contributed by atoms with Gasteiger partial charge in [-0.1, -0.05) is 19.1 Å². The summed E-state index contributed by atoms with van der Waals surface area (Å²) in [5, 5.41) is 8.75. The predicted octanol–water partition coefficient (Wildman–Crippen LogP) is 3.33. The van der Waals surface area contributed by atoms with Crippen LogP contribution in [0.3, 0.4) is 0 Å². The van der Waals surface area contributed by atoms with Gasteiger partial charge in [0.15, 0.2) is 0 Å². The van der Waals surface area contributed by atoms with Crippen molar-refractivity contribution in [3.63, 3.8) is 0 Å². The lowest BCUT2D eigenvalue weighted by Gasteiger charge is -2.18. The standard InChI is InChI=1S/C18H19N3O3/c1-3-18(23)21-16(17-5-4-10-24-17)11-15(20-21)13-6-8-14(9-7-13)19-12(2)22/h4-10,16H,3,11H2,1-2H3,(H,19,22).